The predicted octanol–water partition coefficient (Wildman–Crippen LogP) is 3.99. The van der Waals surface area contributed by atoms with Crippen molar-refractivity contribution < 1.29 is 9.53 Å². The summed E-state index contributed by atoms with van der Waals surface area (Å²) in [5, 5.41) is 5.08. The van der Waals surface area contributed by atoms with E-state index in [0.717, 1.165) is 27.8 Å². The molecule has 0 saturated carbocycles. The Morgan fingerprint density at radius 3 is 2.69 bits per heavy atom. The first kappa shape index (κ1) is 17.7. The van der Waals surface area contributed by atoms with Gasteiger partial charge in [-0.3, -0.25) is 4.79 Å². The highest BCUT2D eigenvalue weighted by atomic mass is 16.5. The van der Waals surface area contributed by atoms with Gasteiger partial charge in [0.15, 0.2) is 6.61 Å². The second kappa shape index (κ2) is 7.44. The number of carbonyl (C=O) groups excluding carboxylic acids is 1. The lowest BCUT2D eigenvalue weighted by Gasteiger charge is -2.22. The minimum Gasteiger partial charge on any atom is -0.483 e. The Morgan fingerprint density at radius 2 is 1.88 bits per heavy atom. The van der Waals surface area contributed by atoms with E-state index < -0.39 is 0 Å². The first-order chi connectivity index (χ1) is 12.4. The van der Waals surface area contributed by atoms with Crippen LogP contribution in [0.2, 0.25) is 0 Å². The van der Waals surface area contributed by atoms with Gasteiger partial charge in [0, 0.05) is 22.7 Å². The van der Waals surface area contributed by atoms with Gasteiger partial charge in [-0.2, -0.15) is 5.10 Å². The highest BCUT2D eigenvalue weighted by Crippen LogP contribution is 2.30. The zero-order chi connectivity index (χ0) is 18.6. The monoisotopic (exact) mass is 349 g/mol. The molecule has 0 unspecified atom stereocenters. The van der Waals surface area contributed by atoms with Crippen LogP contribution in [-0.2, 0) is 10.2 Å². The van der Waals surface area contributed by atoms with Crippen LogP contribution < -0.4 is 10.2 Å². The Morgan fingerprint density at radius 1 is 1.15 bits per heavy atom. The number of hydrazone groups is 1. The fourth-order valence-electron chi connectivity index (χ4n) is 2.76. The Hall–Kier alpha value is -3.08. The molecule has 0 aliphatic heterocycles. The summed E-state index contributed by atoms with van der Waals surface area (Å²) in [6.45, 7) is 6.25. The molecule has 0 radical (unpaired) electrons. The van der Waals surface area contributed by atoms with Gasteiger partial charge in [-0.1, -0.05) is 57.2 Å². The van der Waals surface area contributed by atoms with E-state index in [0.29, 0.717) is 0 Å². The maximum absolute atomic E-state index is 12.0. The third kappa shape index (κ3) is 4.11. The average Bonchev–Trinajstić information content (AvgIpc) is 3.03. The molecule has 3 aromatic rings. The molecule has 0 atom stereocenters. The lowest BCUT2D eigenvalue weighted by Crippen LogP contribution is -2.25. The first-order valence-electron chi connectivity index (χ1n) is 8.55. The lowest BCUT2D eigenvalue weighted by atomic mass is 9.86. The van der Waals surface area contributed by atoms with Crippen LogP contribution in [0, 0.1) is 0 Å². The standard InChI is InChI=1S/C21H23N3O2/c1-21(2,3)17-9-5-7-11-19(17)26-14-20(25)24-23-13-15-12-22-18-10-6-4-8-16(15)18/h4-13,22H,14H2,1-3H3,(H,24,25). The number of aromatic nitrogens is 1. The van der Waals surface area contributed by atoms with E-state index in [1.54, 1.807) is 6.21 Å². The number of nitrogens with zero attached hydrogens (tertiary/aromatic N) is 1. The van der Waals surface area contributed by atoms with Crippen LogP contribution in [0.4, 0.5) is 0 Å². The van der Waals surface area contributed by atoms with E-state index in [4.69, 9.17) is 4.74 Å². The van der Waals surface area contributed by atoms with Crippen molar-refractivity contribution in [3.8, 4) is 5.75 Å². The van der Waals surface area contributed by atoms with Crippen LogP contribution in [0.1, 0.15) is 31.9 Å². The number of amides is 1. The second-order valence-electron chi connectivity index (χ2n) is 7.12. The molecule has 5 heteroatoms. The van der Waals surface area contributed by atoms with Gasteiger partial charge in [0.25, 0.3) is 5.91 Å². The fraction of sp³-hybridized carbons (Fsp3) is 0.238. The van der Waals surface area contributed by atoms with Gasteiger partial charge in [-0.15, -0.1) is 0 Å². The lowest BCUT2D eigenvalue weighted by molar-refractivity contribution is -0.123. The molecule has 0 saturated heterocycles. The summed E-state index contributed by atoms with van der Waals surface area (Å²) in [5.41, 5.74) is 5.46. The third-order valence-corrected chi connectivity index (χ3v) is 4.07. The number of hydrogen-bond donors (Lipinski definition) is 2. The van der Waals surface area contributed by atoms with Crippen molar-refractivity contribution in [2.24, 2.45) is 5.10 Å². The van der Waals surface area contributed by atoms with Gasteiger partial charge in [0.1, 0.15) is 5.75 Å². The number of hydrogen-bond acceptors (Lipinski definition) is 3. The average molecular weight is 349 g/mol. The molecule has 1 heterocycles. The van der Waals surface area contributed by atoms with Gasteiger partial charge >= 0.3 is 0 Å². The Kier molecular flexibility index (Phi) is 5.07. The number of fused-ring (bicyclic) bond motifs is 1. The Labute approximate surface area is 153 Å². The molecule has 3 rings (SSSR count). The molecule has 2 aromatic carbocycles. The molecule has 0 aliphatic carbocycles. The van der Waals surface area contributed by atoms with E-state index in [9.17, 15) is 4.79 Å². The number of para-hydroxylation sites is 2. The molecule has 0 fully saturated rings. The van der Waals surface area contributed by atoms with Crippen LogP contribution in [0.25, 0.3) is 10.9 Å². The minimum atomic E-state index is -0.301. The van der Waals surface area contributed by atoms with Crippen molar-refractivity contribution in [1.29, 1.82) is 0 Å². The van der Waals surface area contributed by atoms with Gasteiger partial charge in [0.05, 0.1) is 6.21 Å². The molecular formula is C21H23N3O2. The smallest absolute Gasteiger partial charge is 0.277 e. The van der Waals surface area contributed by atoms with Gasteiger partial charge in [-0.25, -0.2) is 5.43 Å². The van der Waals surface area contributed by atoms with Crippen molar-refractivity contribution in [2.75, 3.05) is 6.61 Å². The molecule has 134 valence electrons. The summed E-state index contributed by atoms with van der Waals surface area (Å²) >= 11 is 0. The van der Waals surface area contributed by atoms with Crippen molar-refractivity contribution in [1.82, 2.24) is 10.4 Å². The number of carbonyl (C=O) groups is 1. The SMILES string of the molecule is CC(C)(C)c1ccccc1OCC(=O)NN=Cc1c[nH]c2ccccc12. The molecule has 5 nitrogen and oxygen atoms in total. The molecule has 0 spiro atoms. The summed E-state index contributed by atoms with van der Waals surface area (Å²) in [6, 6.07) is 15.7. The van der Waals surface area contributed by atoms with E-state index in [2.05, 4.69) is 36.3 Å². The minimum absolute atomic E-state index is 0.0550. The second-order valence-corrected chi connectivity index (χ2v) is 7.12. The number of H-pyrrole nitrogens is 1. The van der Waals surface area contributed by atoms with Crippen molar-refractivity contribution in [3.05, 3.63) is 65.9 Å². The molecule has 26 heavy (non-hydrogen) atoms. The van der Waals surface area contributed by atoms with Crippen molar-refractivity contribution in [2.45, 2.75) is 26.2 Å². The third-order valence-electron chi connectivity index (χ3n) is 4.07. The zero-order valence-electron chi connectivity index (χ0n) is 15.2. The van der Waals surface area contributed by atoms with E-state index in [-0.39, 0.29) is 17.9 Å². The summed E-state index contributed by atoms with van der Waals surface area (Å²) in [7, 11) is 0. The molecular weight excluding hydrogens is 326 g/mol. The maximum atomic E-state index is 12.0. The normalized spacial score (nSPS) is 11.8. The number of rotatable bonds is 5. The molecule has 0 aliphatic rings. The van der Waals surface area contributed by atoms with Crippen molar-refractivity contribution >= 4 is 23.0 Å². The molecule has 1 amide bonds. The molecule has 1 aromatic heterocycles. The van der Waals surface area contributed by atoms with Crippen LogP contribution in [-0.4, -0.2) is 23.7 Å². The quantitative estimate of drug-likeness (QED) is 0.540. The van der Waals surface area contributed by atoms with Crippen molar-refractivity contribution in [3.63, 3.8) is 0 Å². The van der Waals surface area contributed by atoms with E-state index >= 15 is 0 Å². The molecule has 0 bridgehead atoms. The number of benzene rings is 2. The zero-order valence-corrected chi connectivity index (χ0v) is 15.2. The van der Waals surface area contributed by atoms with Crippen LogP contribution in [0.3, 0.4) is 0 Å². The first-order valence-corrected chi connectivity index (χ1v) is 8.55. The largest absolute Gasteiger partial charge is 0.483 e. The van der Waals surface area contributed by atoms with E-state index in [1.165, 1.54) is 0 Å². The van der Waals surface area contributed by atoms with Crippen LogP contribution >= 0.6 is 0 Å². The van der Waals surface area contributed by atoms with Gasteiger partial charge in [0.2, 0.25) is 0 Å². The highest BCUT2D eigenvalue weighted by Gasteiger charge is 2.18. The predicted molar refractivity (Wildman–Crippen MR) is 105 cm³/mol. The number of aromatic amines is 1. The van der Waals surface area contributed by atoms with Crippen LogP contribution in [0.15, 0.2) is 59.8 Å². The van der Waals surface area contributed by atoms with Gasteiger partial charge < -0.3 is 9.72 Å². The maximum Gasteiger partial charge on any atom is 0.277 e. The number of ether oxygens (including phenoxy) is 1. The topological polar surface area (TPSA) is 66.5 Å². The highest BCUT2D eigenvalue weighted by molar-refractivity contribution is 5.99. The summed E-state index contributed by atoms with van der Waals surface area (Å²) in [4.78, 5) is 15.2. The van der Waals surface area contributed by atoms with Crippen LogP contribution in [0.5, 0.6) is 5.75 Å². The Balaban J connectivity index is 1.59. The molecule has 2 N–H and O–H groups in total. The summed E-state index contributed by atoms with van der Waals surface area (Å²) < 4.78 is 5.69. The summed E-state index contributed by atoms with van der Waals surface area (Å²) in [6.07, 6.45) is 3.48. The fourth-order valence-corrected chi connectivity index (χ4v) is 2.76. The Bertz CT molecular complexity index is 936. The summed E-state index contributed by atoms with van der Waals surface area (Å²) in [5.74, 6) is 0.417. The number of nitrogens with one attached hydrogen (secondary N) is 2. The van der Waals surface area contributed by atoms with Gasteiger partial charge in [-0.05, 0) is 23.1 Å². The van der Waals surface area contributed by atoms with E-state index in [1.807, 2.05) is 54.7 Å².